The van der Waals surface area contributed by atoms with Crippen molar-refractivity contribution in [3.05, 3.63) is 95.3 Å². The van der Waals surface area contributed by atoms with E-state index in [-0.39, 0.29) is 0 Å². The van der Waals surface area contributed by atoms with Gasteiger partial charge in [0.15, 0.2) is 0 Å². The number of ether oxygens (including phenoxy) is 1. The summed E-state index contributed by atoms with van der Waals surface area (Å²) in [5.74, 6) is -0.990. The average Bonchev–Trinajstić information content (AvgIpc) is 2.66. The van der Waals surface area contributed by atoms with Crippen LogP contribution in [-0.4, -0.2) is 16.9 Å². The first kappa shape index (κ1) is 18.3. The Morgan fingerprint density at radius 3 is 2.19 bits per heavy atom. The molecule has 1 aromatic heterocycles. The maximum atomic E-state index is 12.9. The number of pyridine rings is 1. The standard InChI is InChI=1S/C22H20N2O3/c1-15-12-16(2)14-19(13-15)24-21(25)20(17-6-4-3-5-7-17)27-22(26)18-8-10-23-11-9-18/h3-14,20H,1-2H3,(H,24,25). The number of aromatic nitrogens is 1. The Hall–Kier alpha value is -3.47. The zero-order valence-electron chi connectivity index (χ0n) is 15.2. The first-order valence-corrected chi connectivity index (χ1v) is 8.58. The van der Waals surface area contributed by atoms with Crippen molar-refractivity contribution < 1.29 is 14.3 Å². The van der Waals surface area contributed by atoms with Gasteiger partial charge in [-0.3, -0.25) is 9.78 Å². The third-order valence-corrected chi connectivity index (χ3v) is 3.97. The Morgan fingerprint density at radius 2 is 1.56 bits per heavy atom. The molecule has 1 amide bonds. The van der Waals surface area contributed by atoms with Crippen LogP contribution < -0.4 is 5.32 Å². The van der Waals surface area contributed by atoms with Crippen LogP contribution in [0, 0.1) is 13.8 Å². The van der Waals surface area contributed by atoms with E-state index < -0.39 is 18.0 Å². The summed E-state index contributed by atoms with van der Waals surface area (Å²) >= 11 is 0. The summed E-state index contributed by atoms with van der Waals surface area (Å²) in [5, 5.41) is 2.85. The number of hydrogen-bond acceptors (Lipinski definition) is 4. The maximum absolute atomic E-state index is 12.9. The van der Waals surface area contributed by atoms with Crippen LogP contribution in [0.3, 0.4) is 0 Å². The van der Waals surface area contributed by atoms with Gasteiger partial charge in [-0.2, -0.15) is 0 Å². The Balaban J connectivity index is 1.85. The third-order valence-electron chi connectivity index (χ3n) is 3.97. The Labute approximate surface area is 158 Å². The summed E-state index contributed by atoms with van der Waals surface area (Å²) in [4.78, 5) is 29.3. The lowest BCUT2D eigenvalue weighted by Gasteiger charge is -2.18. The molecule has 0 fully saturated rings. The van der Waals surface area contributed by atoms with Crippen LogP contribution in [0.5, 0.6) is 0 Å². The molecule has 2 aromatic carbocycles. The van der Waals surface area contributed by atoms with Crippen LogP contribution in [0.15, 0.2) is 73.1 Å². The van der Waals surface area contributed by atoms with Crippen LogP contribution in [0.1, 0.15) is 33.2 Å². The van der Waals surface area contributed by atoms with Gasteiger partial charge in [0.1, 0.15) is 0 Å². The van der Waals surface area contributed by atoms with Crippen molar-refractivity contribution in [2.75, 3.05) is 5.32 Å². The highest BCUT2D eigenvalue weighted by Crippen LogP contribution is 2.22. The lowest BCUT2D eigenvalue weighted by atomic mass is 10.1. The first-order chi connectivity index (χ1) is 13.0. The summed E-state index contributed by atoms with van der Waals surface area (Å²) in [6, 6.07) is 17.8. The van der Waals surface area contributed by atoms with Gasteiger partial charge < -0.3 is 10.1 Å². The Bertz CT molecular complexity index is 920. The zero-order valence-corrected chi connectivity index (χ0v) is 15.2. The van der Waals surface area contributed by atoms with Crippen molar-refractivity contribution in [2.24, 2.45) is 0 Å². The molecule has 1 atom stereocenters. The normalized spacial score (nSPS) is 11.5. The van der Waals surface area contributed by atoms with Gasteiger partial charge in [-0.15, -0.1) is 0 Å². The molecule has 1 N–H and O–H groups in total. The second kappa shape index (κ2) is 8.27. The summed E-state index contributed by atoms with van der Waals surface area (Å²) < 4.78 is 5.54. The van der Waals surface area contributed by atoms with Crippen LogP contribution in [0.25, 0.3) is 0 Å². The molecule has 0 aliphatic heterocycles. The molecule has 27 heavy (non-hydrogen) atoms. The van der Waals surface area contributed by atoms with Crippen molar-refractivity contribution in [2.45, 2.75) is 20.0 Å². The van der Waals surface area contributed by atoms with Crippen molar-refractivity contribution in [1.82, 2.24) is 4.98 Å². The lowest BCUT2D eigenvalue weighted by molar-refractivity contribution is -0.125. The number of nitrogens with zero attached hydrogens (tertiary/aromatic N) is 1. The van der Waals surface area contributed by atoms with Gasteiger partial charge in [0.2, 0.25) is 6.10 Å². The number of esters is 1. The minimum absolute atomic E-state index is 0.338. The van der Waals surface area contributed by atoms with Crippen LogP contribution >= 0.6 is 0 Å². The molecule has 0 aliphatic carbocycles. The molecule has 1 unspecified atom stereocenters. The fraction of sp³-hybridized carbons (Fsp3) is 0.136. The van der Waals surface area contributed by atoms with Crippen LogP contribution in [-0.2, 0) is 9.53 Å². The van der Waals surface area contributed by atoms with E-state index in [0.717, 1.165) is 11.1 Å². The van der Waals surface area contributed by atoms with E-state index in [4.69, 9.17) is 4.74 Å². The van der Waals surface area contributed by atoms with Crippen LogP contribution in [0.4, 0.5) is 5.69 Å². The Morgan fingerprint density at radius 1 is 0.926 bits per heavy atom. The number of rotatable bonds is 5. The highest BCUT2D eigenvalue weighted by atomic mass is 16.5. The molecular formula is C22H20N2O3. The molecule has 136 valence electrons. The van der Waals surface area contributed by atoms with Gasteiger partial charge in [-0.25, -0.2) is 4.79 Å². The number of benzene rings is 2. The third kappa shape index (κ3) is 4.79. The second-order valence-corrected chi connectivity index (χ2v) is 6.30. The van der Waals surface area contributed by atoms with Crippen molar-refractivity contribution in [3.8, 4) is 0 Å². The summed E-state index contributed by atoms with van der Waals surface area (Å²) in [7, 11) is 0. The highest BCUT2D eigenvalue weighted by molar-refractivity contribution is 5.98. The van der Waals surface area contributed by atoms with E-state index in [1.54, 1.807) is 36.4 Å². The van der Waals surface area contributed by atoms with E-state index >= 15 is 0 Å². The molecule has 1 heterocycles. The minimum atomic E-state index is -1.06. The lowest BCUT2D eigenvalue weighted by Crippen LogP contribution is -2.26. The molecule has 3 rings (SSSR count). The molecule has 5 heteroatoms. The fourth-order valence-electron chi connectivity index (χ4n) is 2.82. The van der Waals surface area contributed by atoms with Crippen molar-refractivity contribution in [3.63, 3.8) is 0 Å². The summed E-state index contributed by atoms with van der Waals surface area (Å²) in [6.45, 7) is 3.92. The summed E-state index contributed by atoms with van der Waals surface area (Å²) in [5.41, 5.74) is 3.68. The molecule has 3 aromatic rings. The van der Waals surface area contributed by atoms with Gasteiger partial charge in [0.05, 0.1) is 5.56 Å². The van der Waals surface area contributed by atoms with Crippen LogP contribution in [0.2, 0.25) is 0 Å². The van der Waals surface area contributed by atoms with E-state index in [1.807, 2.05) is 38.1 Å². The van der Waals surface area contributed by atoms with E-state index in [0.29, 0.717) is 16.8 Å². The van der Waals surface area contributed by atoms with Gasteiger partial charge >= 0.3 is 5.97 Å². The molecular weight excluding hydrogens is 340 g/mol. The quantitative estimate of drug-likeness (QED) is 0.691. The van der Waals surface area contributed by atoms with Gasteiger partial charge in [0, 0.05) is 23.6 Å². The SMILES string of the molecule is Cc1cc(C)cc(NC(=O)C(OC(=O)c2ccncc2)c2ccccc2)c1. The summed E-state index contributed by atoms with van der Waals surface area (Å²) in [6.07, 6.45) is 1.95. The number of amides is 1. The molecule has 0 radical (unpaired) electrons. The molecule has 0 bridgehead atoms. The van der Waals surface area contributed by atoms with Gasteiger partial charge in [-0.05, 0) is 49.2 Å². The Kier molecular flexibility index (Phi) is 5.61. The number of carbonyl (C=O) groups is 2. The average molecular weight is 360 g/mol. The molecule has 0 spiro atoms. The van der Waals surface area contributed by atoms with E-state index in [9.17, 15) is 9.59 Å². The number of anilines is 1. The largest absolute Gasteiger partial charge is 0.444 e. The van der Waals surface area contributed by atoms with Crippen molar-refractivity contribution in [1.29, 1.82) is 0 Å². The van der Waals surface area contributed by atoms with E-state index in [2.05, 4.69) is 10.3 Å². The number of hydrogen-bond donors (Lipinski definition) is 1. The molecule has 0 aliphatic rings. The molecule has 0 saturated carbocycles. The number of carbonyl (C=O) groups excluding carboxylic acids is 2. The minimum Gasteiger partial charge on any atom is -0.444 e. The first-order valence-electron chi connectivity index (χ1n) is 8.58. The topological polar surface area (TPSA) is 68.3 Å². The van der Waals surface area contributed by atoms with Gasteiger partial charge in [0.25, 0.3) is 5.91 Å². The maximum Gasteiger partial charge on any atom is 0.339 e. The number of aryl methyl sites for hydroxylation is 2. The smallest absolute Gasteiger partial charge is 0.339 e. The predicted octanol–water partition coefficient (Wildman–Crippen LogP) is 4.24. The number of nitrogens with one attached hydrogen (secondary N) is 1. The predicted molar refractivity (Wildman–Crippen MR) is 103 cm³/mol. The fourth-order valence-corrected chi connectivity index (χ4v) is 2.82. The van der Waals surface area contributed by atoms with E-state index in [1.165, 1.54) is 12.4 Å². The van der Waals surface area contributed by atoms with Gasteiger partial charge in [-0.1, -0.05) is 36.4 Å². The zero-order chi connectivity index (χ0) is 19.2. The molecule has 0 saturated heterocycles. The highest BCUT2D eigenvalue weighted by Gasteiger charge is 2.25. The second-order valence-electron chi connectivity index (χ2n) is 6.30. The molecule has 5 nitrogen and oxygen atoms in total. The monoisotopic (exact) mass is 360 g/mol. The van der Waals surface area contributed by atoms with Crippen molar-refractivity contribution >= 4 is 17.6 Å².